The molecule has 1 amide bonds. The van der Waals surface area contributed by atoms with E-state index in [-0.39, 0.29) is 11.9 Å². The van der Waals surface area contributed by atoms with Crippen molar-refractivity contribution in [2.75, 3.05) is 26.8 Å². The average molecular weight is 264 g/mol. The summed E-state index contributed by atoms with van der Waals surface area (Å²) in [5.41, 5.74) is 3.76. The minimum atomic E-state index is -0.00673. The Labute approximate surface area is 115 Å². The maximum absolute atomic E-state index is 11.5. The third kappa shape index (κ3) is 5.41. The van der Waals surface area contributed by atoms with Crippen molar-refractivity contribution in [2.24, 2.45) is 0 Å². The Balaban J connectivity index is 2.40. The van der Waals surface area contributed by atoms with Gasteiger partial charge in [0, 0.05) is 19.7 Å². The van der Waals surface area contributed by atoms with Gasteiger partial charge in [-0.15, -0.1) is 0 Å². The van der Waals surface area contributed by atoms with E-state index in [4.69, 9.17) is 4.74 Å². The number of hydrogen-bond donors (Lipinski definition) is 2. The number of methoxy groups -OCH3 is 1. The van der Waals surface area contributed by atoms with Crippen LogP contribution in [-0.4, -0.2) is 32.7 Å². The molecule has 19 heavy (non-hydrogen) atoms. The van der Waals surface area contributed by atoms with Gasteiger partial charge in [0.25, 0.3) is 0 Å². The minimum Gasteiger partial charge on any atom is -0.383 e. The van der Waals surface area contributed by atoms with Crippen molar-refractivity contribution in [2.45, 2.75) is 26.8 Å². The highest BCUT2D eigenvalue weighted by Gasteiger charge is 2.08. The maximum Gasteiger partial charge on any atom is 0.234 e. The number of carbonyl (C=O) groups excluding carboxylic acids is 1. The zero-order chi connectivity index (χ0) is 14.3. The van der Waals surface area contributed by atoms with Crippen LogP contribution in [0.1, 0.15) is 29.7 Å². The molecule has 1 aromatic carbocycles. The van der Waals surface area contributed by atoms with Crippen molar-refractivity contribution in [3.8, 4) is 0 Å². The van der Waals surface area contributed by atoms with E-state index in [1.165, 1.54) is 16.7 Å². The Bertz CT molecular complexity index is 419. The molecule has 0 heterocycles. The molecule has 0 bridgehead atoms. The van der Waals surface area contributed by atoms with Gasteiger partial charge in [-0.1, -0.05) is 18.2 Å². The molecule has 1 rings (SSSR count). The van der Waals surface area contributed by atoms with Crippen LogP contribution in [0.4, 0.5) is 0 Å². The molecule has 0 aliphatic heterocycles. The van der Waals surface area contributed by atoms with Crippen LogP contribution < -0.4 is 10.6 Å². The van der Waals surface area contributed by atoms with E-state index in [1.807, 2.05) is 0 Å². The Morgan fingerprint density at radius 3 is 2.68 bits per heavy atom. The Morgan fingerprint density at radius 1 is 1.32 bits per heavy atom. The van der Waals surface area contributed by atoms with Crippen LogP contribution in [0, 0.1) is 13.8 Å². The third-order valence-electron chi connectivity index (χ3n) is 3.23. The predicted molar refractivity (Wildman–Crippen MR) is 77.2 cm³/mol. The number of ether oxygens (including phenoxy) is 1. The van der Waals surface area contributed by atoms with Crippen molar-refractivity contribution in [3.63, 3.8) is 0 Å². The Morgan fingerprint density at radius 2 is 2.05 bits per heavy atom. The number of rotatable bonds is 7. The lowest BCUT2D eigenvalue weighted by Gasteiger charge is -2.15. The zero-order valence-electron chi connectivity index (χ0n) is 12.2. The first-order chi connectivity index (χ1) is 9.04. The van der Waals surface area contributed by atoms with Crippen LogP contribution in [0.15, 0.2) is 18.2 Å². The third-order valence-corrected chi connectivity index (χ3v) is 3.23. The van der Waals surface area contributed by atoms with E-state index in [1.54, 1.807) is 7.11 Å². The van der Waals surface area contributed by atoms with Gasteiger partial charge in [0.2, 0.25) is 5.91 Å². The minimum absolute atomic E-state index is 0.00673. The fourth-order valence-corrected chi connectivity index (χ4v) is 1.75. The van der Waals surface area contributed by atoms with Crippen molar-refractivity contribution < 1.29 is 9.53 Å². The van der Waals surface area contributed by atoms with Crippen molar-refractivity contribution in [1.29, 1.82) is 0 Å². The smallest absolute Gasteiger partial charge is 0.234 e. The van der Waals surface area contributed by atoms with Crippen LogP contribution in [-0.2, 0) is 9.53 Å². The zero-order valence-corrected chi connectivity index (χ0v) is 12.2. The normalized spacial score (nSPS) is 12.2. The largest absolute Gasteiger partial charge is 0.383 e. The first-order valence-corrected chi connectivity index (χ1v) is 6.60. The van der Waals surface area contributed by atoms with Gasteiger partial charge in [-0.25, -0.2) is 0 Å². The van der Waals surface area contributed by atoms with Crippen molar-refractivity contribution >= 4 is 5.91 Å². The molecule has 1 atom stereocenters. The summed E-state index contributed by atoms with van der Waals surface area (Å²) < 4.78 is 4.88. The van der Waals surface area contributed by atoms with E-state index in [9.17, 15) is 4.79 Å². The van der Waals surface area contributed by atoms with Crippen LogP contribution in [0.25, 0.3) is 0 Å². The van der Waals surface area contributed by atoms with E-state index in [2.05, 4.69) is 49.6 Å². The molecule has 0 radical (unpaired) electrons. The summed E-state index contributed by atoms with van der Waals surface area (Å²) in [5.74, 6) is -0.00673. The molecular formula is C15H24N2O2. The van der Waals surface area contributed by atoms with Crippen LogP contribution in [0.5, 0.6) is 0 Å². The molecule has 106 valence electrons. The van der Waals surface area contributed by atoms with Gasteiger partial charge >= 0.3 is 0 Å². The fraction of sp³-hybridized carbons (Fsp3) is 0.533. The number of benzene rings is 1. The first-order valence-electron chi connectivity index (χ1n) is 6.60. The number of nitrogens with one attached hydrogen (secondary N) is 2. The molecule has 0 aliphatic rings. The van der Waals surface area contributed by atoms with Gasteiger partial charge in [0.15, 0.2) is 0 Å². The molecule has 0 aromatic heterocycles. The summed E-state index contributed by atoms with van der Waals surface area (Å²) in [6.45, 7) is 7.67. The summed E-state index contributed by atoms with van der Waals surface area (Å²) in [4.78, 5) is 11.5. The average Bonchev–Trinajstić information content (AvgIpc) is 2.39. The number of hydrogen-bond acceptors (Lipinski definition) is 3. The lowest BCUT2D eigenvalue weighted by atomic mass is 10.0. The van der Waals surface area contributed by atoms with Gasteiger partial charge < -0.3 is 15.4 Å². The van der Waals surface area contributed by atoms with E-state index < -0.39 is 0 Å². The maximum atomic E-state index is 11.5. The quantitative estimate of drug-likeness (QED) is 0.737. The number of carbonyl (C=O) groups is 1. The van der Waals surface area contributed by atoms with Crippen LogP contribution >= 0.6 is 0 Å². The van der Waals surface area contributed by atoms with Gasteiger partial charge in [-0.2, -0.15) is 0 Å². The molecule has 0 aliphatic carbocycles. The second kappa shape index (κ2) is 7.92. The molecule has 4 nitrogen and oxygen atoms in total. The highest BCUT2D eigenvalue weighted by Crippen LogP contribution is 2.16. The second-order valence-corrected chi connectivity index (χ2v) is 4.79. The van der Waals surface area contributed by atoms with Crippen LogP contribution in [0.3, 0.4) is 0 Å². The second-order valence-electron chi connectivity index (χ2n) is 4.79. The lowest BCUT2D eigenvalue weighted by molar-refractivity contribution is -0.120. The predicted octanol–water partition coefficient (Wildman–Crippen LogP) is 1.72. The van der Waals surface area contributed by atoms with Crippen LogP contribution in [0.2, 0.25) is 0 Å². The van der Waals surface area contributed by atoms with Crippen molar-refractivity contribution in [1.82, 2.24) is 10.6 Å². The number of amides is 1. The van der Waals surface area contributed by atoms with E-state index in [0.29, 0.717) is 19.7 Å². The summed E-state index contributed by atoms with van der Waals surface area (Å²) >= 11 is 0. The van der Waals surface area contributed by atoms with E-state index >= 15 is 0 Å². The van der Waals surface area contributed by atoms with E-state index in [0.717, 1.165) is 0 Å². The molecule has 4 heteroatoms. The fourth-order valence-electron chi connectivity index (χ4n) is 1.75. The molecule has 1 aromatic rings. The molecule has 2 N–H and O–H groups in total. The molecule has 0 saturated carbocycles. The van der Waals surface area contributed by atoms with Gasteiger partial charge in [0.1, 0.15) is 0 Å². The van der Waals surface area contributed by atoms with Crippen molar-refractivity contribution in [3.05, 3.63) is 34.9 Å². The monoisotopic (exact) mass is 264 g/mol. The SMILES string of the molecule is COCCNC(=O)CNC(C)c1ccc(C)c(C)c1. The topological polar surface area (TPSA) is 50.4 Å². The number of aryl methyl sites for hydroxylation is 2. The highest BCUT2D eigenvalue weighted by atomic mass is 16.5. The Kier molecular flexibility index (Phi) is 6.53. The van der Waals surface area contributed by atoms with Gasteiger partial charge in [-0.05, 0) is 37.5 Å². The summed E-state index contributed by atoms with van der Waals surface area (Å²) in [6.07, 6.45) is 0. The summed E-state index contributed by atoms with van der Waals surface area (Å²) in [7, 11) is 1.62. The lowest BCUT2D eigenvalue weighted by Crippen LogP contribution is -2.36. The molecular weight excluding hydrogens is 240 g/mol. The first kappa shape index (κ1) is 15.7. The molecule has 1 unspecified atom stereocenters. The molecule has 0 saturated heterocycles. The van der Waals surface area contributed by atoms with Gasteiger partial charge in [0.05, 0.1) is 13.2 Å². The summed E-state index contributed by atoms with van der Waals surface area (Å²) in [6, 6.07) is 6.53. The summed E-state index contributed by atoms with van der Waals surface area (Å²) in [5, 5.41) is 6.00. The highest BCUT2D eigenvalue weighted by molar-refractivity contribution is 5.78. The van der Waals surface area contributed by atoms with Gasteiger partial charge in [-0.3, -0.25) is 4.79 Å². The Hall–Kier alpha value is -1.39. The standard InChI is InChI=1S/C15H24N2O2/c1-11-5-6-14(9-12(11)2)13(3)17-10-15(18)16-7-8-19-4/h5-6,9,13,17H,7-8,10H2,1-4H3,(H,16,18). The molecule has 0 fully saturated rings. The molecule has 0 spiro atoms.